The van der Waals surface area contributed by atoms with Crippen LogP contribution in [0.3, 0.4) is 0 Å². The number of esters is 1. The summed E-state index contributed by atoms with van der Waals surface area (Å²) in [5.74, 6) is 3.82. The first kappa shape index (κ1) is 40.7. The number of rotatable bonds is 8. The Morgan fingerprint density at radius 1 is 0.857 bits per heavy atom. The molecule has 1 spiro atoms. The number of thiazole rings is 1. The predicted molar refractivity (Wildman–Crippen MR) is 240 cm³/mol. The number of nitrogens with zero attached hydrogens (tertiary/aromatic N) is 2. The summed E-state index contributed by atoms with van der Waals surface area (Å²) in [6.45, 7) is -0.180. The topological polar surface area (TPSA) is 150 Å². The van der Waals surface area contributed by atoms with Crippen LogP contribution in [0.2, 0.25) is 0 Å². The molecule has 318 valence electrons. The number of carbonyl (C=O) groups excluding carboxylic acids is 3. The zero-order valence-corrected chi connectivity index (χ0v) is 35.2. The van der Waals surface area contributed by atoms with Gasteiger partial charge in [-0.25, -0.2) is 4.98 Å². The Kier molecular flexibility index (Phi) is 10.8. The second kappa shape index (κ2) is 16.7. The number of ether oxygens (including phenoxy) is 2. The van der Waals surface area contributed by atoms with Crippen molar-refractivity contribution in [3.05, 3.63) is 155 Å². The van der Waals surface area contributed by atoms with Crippen molar-refractivity contribution in [2.75, 3.05) is 23.8 Å². The summed E-state index contributed by atoms with van der Waals surface area (Å²) in [6, 6.07) is 36.6. The minimum atomic E-state index is -1.77. The van der Waals surface area contributed by atoms with E-state index in [4.69, 9.17) is 14.5 Å². The number of hydrogen-bond donors (Lipinski definition) is 4. The molecule has 63 heavy (non-hydrogen) atoms. The first-order valence-electron chi connectivity index (χ1n) is 21.6. The van der Waals surface area contributed by atoms with Crippen LogP contribution in [0.5, 0.6) is 5.75 Å². The minimum absolute atomic E-state index is 0.0333. The SMILES string of the molecule is O=C1O[C@@H](c2ccccc2)[C@@H](c2ccccc2)N2[C@@H](c3cccc(OCCO)c3)[C@]3(C(=O)Nc4ccc(C#CC5(O)CCCCCC5)cc43)[C@@H](C(=O)Nc3nc4ccccc4s3)[C@H]12. The lowest BCUT2D eigenvalue weighted by atomic mass is 9.65. The number of fused-ring (bicyclic) bond motifs is 4. The second-order valence-electron chi connectivity index (χ2n) is 16.8. The molecule has 5 aromatic carbocycles. The Morgan fingerprint density at radius 2 is 1.57 bits per heavy atom. The van der Waals surface area contributed by atoms with Gasteiger partial charge in [0.05, 0.1) is 34.8 Å². The predicted octanol–water partition coefficient (Wildman–Crippen LogP) is 8.01. The first-order valence-corrected chi connectivity index (χ1v) is 22.4. The summed E-state index contributed by atoms with van der Waals surface area (Å²) in [4.78, 5) is 53.2. The maximum atomic E-state index is 15.6. The van der Waals surface area contributed by atoms with Gasteiger partial charge in [0.1, 0.15) is 35.5 Å². The van der Waals surface area contributed by atoms with E-state index in [9.17, 15) is 10.2 Å². The van der Waals surface area contributed by atoms with Crippen molar-refractivity contribution in [1.82, 2.24) is 9.88 Å². The summed E-state index contributed by atoms with van der Waals surface area (Å²) in [5.41, 5.74) is 1.49. The molecule has 1 aliphatic carbocycles. The third-order valence-corrected chi connectivity index (χ3v) is 14.0. The van der Waals surface area contributed by atoms with E-state index in [1.54, 1.807) is 12.1 Å². The molecule has 10 rings (SSSR count). The van der Waals surface area contributed by atoms with E-state index in [1.807, 2.05) is 120 Å². The first-order chi connectivity index (χ1) is 30.8. The summed E-state index contributed by atoms with van der Waals surface area (Å²) in [6.07, 6.45) is 4.16. The van der Waals surface area contributed by atoms with Gasteiger partial charge in [-0.1, -0.05) is 121 Å². The van der Waals surface area contributed by atoms with Gasteiger partial charge in [0.25, 0.3) is 0 Å². The molecule has 4 aliphatic rings. The average Bonchev–Trinajstić information content (AvgIpc) is 3.89. The molecule has 3 fully saturated rings. The Hall–Kier alpha value is -6.36. The van der Waals surface area contributed by atoms with Crippen LogP contribution in [0, 0.1) is 17.8 Å². The monoisotopic (exact) mass is 858 g/mol. The van der Waals surface area contributed by atoms with E-state index in [-0.39, 0.29) is 13.2 Å². The van der Waals surface area contributed by atoms with E-state index in [1.165, 1.54) is 11.3 Å². The normalized spacial score (nSPS) is 25.0. The van der Waals surface area contributed by atoms with Crippen molar-refractivity contribution in [1.29, 1.82) is 0 Å². The second-order valence-corrected chi connectivity index (χ2v) is 17.8. The number of nitrogens with one attached hydrogen (secondary N) is 2. The summed E-state index contributed by atoms with van der Waals surface area (Å²) >= 11 is 1.31. The molecule has 11 nitrogen and oxygen atoms in total. The largest absolute Gasteiger partial charge is 0.491 e. The summed E-state index contributed by atoms with van der Waals surface area (Å²) in [5, 5.41) is 27.9. The molecule has 6 aromatic rings. The molecule has 4 heterocycles. The van der Waals surface area contributed by atoms with Crippen LogP contribution >= 0.6 is 11.3 Å². The molecule has 2 amide bonds. The number of morpholine rings is 1. The van der Waals surface area contributed by atoms with E-state index in [0.29, 0.717) is 51.6 Å². The summed E-state index contributed by atoms with van der Waals surface area (Å²) in [7, 11) is 0. The fourth-order valence-electron chi connectivity index (χ4n) is 10.3. The van der Waals surface area contributed by atoms with Crippen molar-refractivity contribution in [2.45, 2.75) is 73.8 Å². The third-order valence-electron chi connectivity index (χ3n) is 13.0. The van der Waals surface area contributed by atoms with Crippen LogP contribution < -0.4 is 15.4 Å². The van der Waals surface area contributed by atoms with E-state index in [2.05, 4.69) is 22.5 Å². The number of hydrogen-bond acceptors (Lipinski definition) is 10. The Bertz CT molecular complexity index is 2730. The van der Waals surface area contributed by atoms with Gasteiger partial charge in [0, 0.05) is 11.3 Å². The zero-order valence-electron chi connectivity index (χ0n) is 34.4. The Morgan fingerprint density at radius 3 is 2.32 bits per heavy atom. The molecule has 2 saturated heterocycles. The highest BCUT2D eigenvalue weighted by atomic mass is 32.1. The van der Waals surface area contributed by atoms with Crippen molar-refractivity contribution in [3.8, 4) is 17.6 Å². The van der Waals surface area contributed by atoms with Gasteiger partial charge < -0.3 is 30.3 Å². The van der Waals surface area contributed by atoms with Gasteiger partial charge in [-0.2, -0.15) is 0 Å². The molecule has 0 radical (unpaired) electrons. The number of para-hydroxylation sites is 1. The molecule has 12 heteroatoms. The van der Waals surface area contributed by atoms with Crippen LogP contribution in [0.4, 0.5) is 10.8 Å². The fourth-order valence-corrected chi connectivity index (χ4v) is 11.2. The van der Waals surface area contributed by atoms with Crippen LogP contribution in [-0.4, -0.2) is 62.7 Å². The van der Waals surface area contributed by atoms with E-state index in [0.717, 1.165) is 41.5 Å². The molecule has 1 saturated carbocycles. The smallest absolute Gasteiger partial charge is 0.324 e. The maximum absolute atomic E-state index is 15.6. The zero-order chi connectivity index (χ0) is 43.1. The quantitative estimate of drug-likeness (QED) is 0.0678. The van der Waals surface area contributed by atoms with Gasteiger partial charge in [0.2, 0.25) is 11.8 Å². The number of cyclic esters (lactones) is 1. The van der Waals surface area contributed by atoms with Crippen LogP contribution in [-0.2, 0) is 24.5 Å². The van der Waals surface area contributed by atoms with Crippen molar-refractivity contribution >= 4 is 50.2 Å². The number of benzene rings is 5. The molecule has 4 N–H and O–H groups in total. The standard InChI is InChI=1S/C51H46N4O7S/c56-28-29-61-36-19-13-18-35(31-36)45-51(37-30-32(22-23-38(37)52-48(51)59)24-27-50(60)25-11-1-2-12-26-50)41(46(57)54-49-53-39-20-9-10-21-40(39)63-49)43-47(58)62-44(34-16-7-4-8-17-34)42(55(43)45)33-14-5-3-6-15-33/h3-10,13-23,30-31,41-45,56,60H,1-2,11-12,25-26,28-29H2,(H,52,59)(H,53,54,57)/t41-,42-,43-,44+,45+,51-/m1/s1. The average molecular weight is 859 g/mol. The number of aromatic nitrogens is 1. The van der Waals surface area contributed by atoms with Crippen LogP contribution in [0.1, 0.15) is 84.5 Å². The Balaban J connectivity index is 1.23. The highest BCUT2D eigenvalue weighted by molar-refractivity contribution is 7.22. The molecule has 1 aromatic heterocycles. The van der Waals surface area contributed by atoms with Crippen LogP contribution in [0.25, 0.3) is 10.2 Å². The lowest BCUT2D eigenvalue weighted by molar-refractivity contribution is -0.177. The van der Waals surface area contributed by atoms with Gasteiger partial charge >= 0.3 is 5.97 Å². The minimum Gasteiger partial charge on any atom is -0.491 e. The highest BCUT2D eigenvalue weighted by Crippen LogP contribution is 2.65. The van der Waals surface area contributed by atoms with Gasteiger partial charge in [0.15, 0.2) is 5.13 Å². The van der Waals surface area contributed by atoms with E-state index < -0.39 is 58.9 Å². The van der Waals surface area contributed by atoms with Crippen molar-refractivity contribution < 1.29 is 34.1 Å². The van der Waals surface area contributed by atoms with Gasteiger partial charge in [-0.05, 0) is 90.4 Å². The number of aliphatic hydroxyl groups is 2. The van der Waals surface area contributed by atoms with Gasteiger partial charge in [-0.3, -0.25) is 19.3 Å². The molecule has 0 unspecified atom stereocenters. The van der Waals surface area contributed by atoms with Crippen molar-refractivity contribution in [3.63, 3.8) is 0 Å². The highest BCUT2D eigenvalue weighted by Gasteiger charge is 2.74. The van der Waals surface area contributed by atoms with Crippen LogP contribution in [0.15, 0.2) is 127 Å². The molecular formula is C51H46N4O7S. The lowest BCUT2D eigenvalue weighted by Gasteiger charge is -2.46. The Labute approximate surface area is 369 Å². The molecule has 3 aliphatic heterocycles. The number of anilines is 2. The van der Waals surface area contributed by atoms with E-state index >= 15 is 14.4 Å². The summed E-state index contributed by atoms with van der Waals surface area (Å²) < 4.78 is 13.4. The molecular weight excluding hydrogens is 813 g/mol. The van der Waals surface area contributed by atoms with Crippen molar-refractivity contribution in [2.24, 2.45) is 5.92 Å². The molecule has 6 atom stereocenters. The van der Waals surface area contributed by atoms with Gasteiger partial charge in [-0.15, -0.1) is 0 Å². The lowest BCUT2D eigenvalue weighted by Crippen LogP contribution is -2.53. The molecule has 0 bridgehead atoms. The number of amides is 2. The fraction of sp³-hybridized carbons (Fsp3) is 0.294. The number of carbonyl (C=O) groups is 3. The third kappa shape index (κ3) is 7.25. The maximum Gasteiger partial charge on any atom is 0.324 e. The number of aliphatic hydroxyl groups excluding tert-OH is 1.